The number of aromatic nitrogens is 1. The van der Waals surface area contributed by atoms with Gasteiger partial charge in [-0.3, -0.25) is 4.57 Å². The Balaban J connectivity index is 2.75. The largest absolute Gasteiger partial charge is 0.419 e. The second-order valence-electron chi connectivity index (χ2n) is 2.99. The number of hydrogen-bond donors (Lipinski definition) is 1. The summed E-state index contributed by atoms with van der Waals surface area (Å²) in [4.78, 5) is 11.5. The lowest BCUT2D eigenvalue weighted by Gasteiger charge is -1.96. The quantitative estimate of drug-likeness (QED) is 0.782. The number of oxazole rings is 1. The molecule has 0 saturated heterocycles. The zero-order valence-corrected chi connectivity index (χ0v) is 8.78. The van der Waals surface area contributed by atoms with E-state index in [0.717, 1.165) is 0 Å². The van der Waals surface area contributed by atoms with Crippen molar-refractivity contribution in [1.29, 1.82) is 0 Å². The Hall–Kier alpha value is -1.40. The van der Waals surface area contributed by atoms with Crippen LogP contribution in [0.3, 0.4) is 0 Å². The van der Waals surface area contributed by atoms with Crippen LogP contribution in [-0.4, -0.2) is 13.3 Å². The molecule has 6 heteroatoms. The SMILES string of the molecule is CCn1c(=O)oc2cc(S(=O)O)ccc21. The van der Waals surface area contributed by atoms with Gasteiger partial charge in [0.15, 0.2) is 16.7 Å². The van der Waals surface area contributed by atoms with Crippen molar-refractivity contribution >= 4 is 22.2 Å². The molecule has 2 rings (SSSR count). The molecule has 0 saturated carbocycles. The van der Waals surface area contributed by atoms with Gasteiger partial charge in [-0.05, 0) is 19.1 Å². The molecule has 0 spiro atoms. The van der Waals surface area contributed by atoms with Crippen LogP contribution >= 0.6 is 0 Å². The molecule has 0 aliphatic carbocycles. The van der Waals surface area contributed by atoms with Crippen molar-refractivity contribution in [1.82, 2.24) is 4.57 Å². The van der Waals surface area contributed by atoms with Gasteiger partial charge in [-0.15, -0.1) is 0 Å². The van der Waals surface area contributed by atoms with Crippen LogP contribution < -0.4 is 5.76 Å². The summed E-state index contributed by atoms with van der Waals surface area (Å²) in [5.74, 6) is -0.451. The van der Waals surface area contributed by atoms with Crippen LogP contribution in [-0.2, 0) is 17.6 Å². The predicted octanol–water partition coefficient (Wildman–Crippen LogP) is 1.19. The highest BCUT2D eigenvalue weighted by molar-refractivity contribution is 7.79. The van der Waals surface area contributed by atoms with Gasteiger partial charge in [0.25, 0.3) is 0 Å². The number of hydrogen-bond acceptors (Lipinski definition) is 3. The highest BCUT2D eigenvalue weighted by Crippen LogP contribution is 2.16. The molecule has 0 fully saturated rings. The second-order valence-corrected chi connectivity index (χ2v) is 3.96. The summed E-state index contributed by atoms with van der Waals surface area (Å²) in [5, 5.41) is 0. The average molecular weight is 227 g/mol. The van der Waals surface area contributed by atoms with Crippen LogP contribution in [0, 0.1) is 0 Å². The third-order valence-electron chi connectivity index (χ3n) is 2.16. The number of fused-ring (bicyclic) bond motifs is 1. The first-order valence-corrected chi connectivity index (χ1v) is 5.48. The molecular formula is C9H9NO4S. The maximum atomic E-state index is 11.3. The van der Waals surface area contributed by atoms with Crippen LogP contribution in [0.1, 0.15) is 6.92 Å². The Morgan fingerprint density at radius 3 is 2.87 bits per heavy atom. The number of aryl methyl sites for hydroxylation is 1. The fourth-order valence-corrected chi connectivity index (χ4v) is 1.85. The van der Waals surface area contributed by atoms with Crippen molar-refractivity contribution in [3.63, 3.8) is 0 Å². The normalized spacial score (nSPS) is 13.2. The fraction of sp³-hybridized carbons (Fsp3) is 0.222. The molecule has 0 amide bonds. The first-order valence-electron chi connectivity index (χ1n) is 4.37. The van der Waals surface area contributed by atoms with Crippen LogP contribution in [0.25, 0.3) is 11.1 Å². The maximum Gasteiger partial charge on any atom is 0.419 e. The zero-order valence-electron chi connectivity index (χ0n) is 7.97. The minimum atomic E-state index is -2.06. The lowest BCUT2D eigenvalue weighted by molar-refractivity contribution is 0.512. The summed E-state index contributed by atoms with van der Waals surface area (Å²) in [6.45, 7) is 2.34. The lowest BCUT2D eigenvalue weighted by Crippen LogP contribution is -2.11. The molecule has 1 heterocycles. The Morgan fingerprint density at radius 2 is 2.27 bits per heavy atom. The maximum absolute atomic E-state index is 11.3. The first kappa shape index (κ1) is 10.1. The van der Waals surface area contributed by atoms with E-state index < -0.39 is 16.8 Å². The van der Waals surface area contributed by atoms with Gasteiger partial charge in [-0.25, -0.2) is 9.00 Å². The molecule has 80 valence electrons. The van der Waals surface area contributed by atoms with Crippen LogP contribution in [0.15, 0.2) is 32.3 Å². The Kier molecular flexibility index (Phi) is 2.45. The molecule has 1 atom stereocenters. The number of benzene rings is 1. The van der Waals surface area contributed by atoms with E-state index in [1.54, 1.807) is 6.07 Å². The minimum absolute atomic E-state index is 0.222. The van der Waals surface area contributed by atoms with Gasteiger partial charge < -0.3 is 8.97 Å². The highest BCUT2D eigenvalue weighted by Gasteiger charge is 2.09. The Morgan fingerprint density at radius 1 is 1.53 bits per heavy atom. The summed E-state index contributed by atoms with van der Waals surface area (Å²) >= 11 is -2.06. The van der Waals surface area contributed by atoms with E-state index in [1.807, 2.05) is 6.92 Å². The zero-order chi connectivity index (χ0) is 11.0. The van der Waals surface area contributed by atoms with Gasteiger partial charge in [0.2, 0.25) is 0 Å². The molecule has 1 unspecified atom stereocenters. The highest BCUT2D eigenvalue weighted by atomic mass is 32.2. The third kappa shape index (κ3) is 1.62. The first-order chi connectivity index (χ1) is 7.13. The van der Waals surface area contributed by atoms with Crippen molar-refractivity contribution in [2.75, 3.05) is 0 Å². The second kappa shape index (κ2) is 3.63. The van der Waals surface area contributed by atoms with E-state index >= 15 is 0 Å². The number of rotatable bonds is 2. The van der Waals surface area contributed by atoms with E-state index in [2.05, 4.69) is 0 Å². The average Bonchev–Trinajstić information content (AvgIpc) is 2.51. The third-order valence-corrected chi connectivity index (χ3v) is 2.81. The van der Waals surface area contributed by atoms with E-state index in [9.17, 15) is 9.00 Å². The summed E-state index contributed by atoms with van der Waals surface area (Å²) in [7, 11) is 0. The van der Waals surface area contributed by atoms with Gasteiger partial charge in [0.05, 0.1) is 10.4 Å². The van der Waals surface area contributed by atoms with Gasteiger partial charge in [-0.2, -0.15) is 0 Å². The summed E-state index contributed by atoms with van der Waals surface area (Å²) in [6.07, 6.45) is 0. The predicted molar refractivity (Wildman–Crippen MR) is 55.2 cm³/mol. The Bertz CT molecular complexity index is 583. The van der Waals surface area contributed by atoms with Crippen molar-refractivity contribution < 1.29 is 13.2 Å². The molecule has 1 N–H and O–H groups in total. The van der Waals surface area contributed by atoms with Crippen molar-refractivity contribution in [2.45, 2.75) is 18.4 Å². The fourth-order valence-electron chi connectivity index (χ4n) is 1.45. The lowest BCUT2D eigenvalue weighted by atomic mass is 10.3. The van der Waals surface area contributed by atoms with E-state index in [-0.39, 0.29) is 4.90 Å². The van der Waals surface area contributed by atoms with Crippen LogP contribution in [0.2, 0.25) is 0 Å². The molecule has 0 aliphatic rings. The number of nitrogens with zero attached hydrogens (tertiary/aromatic N) is 1. The molecular weight excluding hydrogens is 218 g/mol. The molecule has 1 aromatic carbocycles. The van der Waals surface area contributed by atoms with Crippen molar-refractivity contribution in [2.24, 2.45) is 0 Å². The van der Waals surface area contributed by atoms with E-state index in [1.165, 1.54) is 16.7 Å². The van der Waals surface area contributed by atoms with Crippen LogP contribution in [0.4, 0.5) is 0 Å². The topological polar surface area (TPSA) is 72.4 Å². The molecule has 1 aromatic heterocycles. The summed E-state index contributed by atoms with van der Waals surface area (Å²) in [5.41, 5.74) is 0.971. The summed E-state index contributed by atoms with van der Waals surface area (Å²) < 4.78 is 26.1. The van der Waals surface area contributed by atoms with E-state index in [4.69, 9.17) is 8.97 Å². The monoisotopic (exact) mass is 227 g/mol. The molecule has 0 aliphatic heterocycles. The van der Waals surface area contributed by atoms with Crippen LogP contribution in [0.5, 0.6) is 0 Å². The van der Waals surface area contributed by atoms with E-state index in [0.29, 0.717) is 17.6 Å². The van der Waals surface area contributed by atoms with Crippen molar-refractivity contribution in [3.8, 4) is 0 Å². The van der Waals surface area contributed by atoms with Gasteiger partial charge in [0.1, 0.15) is 0 Å². The van der Waals surface area contributed by atoms with Crippen molar-refractivity contribution in [3.05, 3.63) is 28.7 Å². The van der Waals surface area contributed by atoms with Gasteiger partial charge in [-0.1, -0.05) is 0 Å². The van der Waals surface area contributed by atoms with Gasteiger partial charge in [0, 0.05) is 12.6 Å². The summed E-state index contributed by atoms with van der Waals surface area (Å²) in [6, 6.07) is 4.51. The Labute approximate surface area is 87.6 Å². The minimum Gasteiger partial charge on any atom is -0.408 e. The molecule has 5 nitrogen and oxygen atoms in total. The standard InChI is InChI=1S/C9H9NO4S/c1-2-10-7-4-3-6(15(12)13)5-8(7)14-9(10)11/h3-5H,2H2,1H3,(H,12,13). The molecule has 2 aromatic rings. The molecule has 15 heavy (non-hydrogen) atoms. The van der Waals surface area contributed by atoms with Gasteiger partial charge >= 0.3 is 5.76 Å². The smallest absolute Gasteiger partial charge is 0.408 e. The molecule has 0 bridgehead atoms. The molecule has 0 radical (unpaired) electrons.